The lowest BCUT2D eigenvalue weighted by atomic mass is 10.1. The summed E-state index contributed by atoms with van der Waals surface area (Å²) >= 11 is 0. The Balaban J connectivity index is 2.72. The van der Waals surface area contributed by atoms with Gasteiger partial charge in [-0.1, -0.05) is 6.07 Å². The molecule has 0 aliphatic rings. The number of halogens is 3. The third kappa shape index (κ3) is 5.93. The van der Waals surface area contributed by atoms with E-state index in [2.05, 4.69) is 4.74 Å². The van der Waals surface area contributed by atoms with E-state index >= 15 is 0 Å². The van der Waals surface area contributed by atoms with Crippen molar-refractivity contribution in [3.8, 4) is 11.5 Å². The van der Waals surface area contributed by atoms with Crippen LogP contribution < -0.4 is 9.47 Å². The van der Waals surface area contributed by atoms with Crippen LogP contribution in [-0.2, 0) is 11.2 Å². The van der Waals surface area contributed by atoms with Gasteiger partial charge in [0.25, 0.3) is 0 Å². The van der Waals surface area contributed by atoms with Crippen LogP contribution in [0.15, 0.2) is 18.2 Å². The number of hydrogen-bond acceptors (Lipinski definition) is 3. The molecule has 0 unspecified atom stereocenters. The van der Waals surface area contributed by atoms with Crippen LogP contribution >= 0.6 is 0 Å². The Hall–Kier alpha value is -1.92. The highest BCUT2D eigenvalue weighted by Crippen LogP contribution is 2.30. The zero-order chi connectivity index (χ0) is 16.0. The average Bonchev–Trinajstić information content (AvgIpc) is 2.41. The molecule has 1 aromatic carbocycles. The van der Waals surface area contributed by atoms with E-state index in [1.807, 2.05) is 0 Å². The lowest BCUT2D eigenvalue weighted by Gasteiger charge is -2.14. The van der Waals surface area contributed by atoms with Crippen LogP contribution in [0.25, 0.3) is 0 Å². The molecule has 0 bridgehead atoms. The molecule has 1 aromatic rings. The summed E-state index contributed by atoms with van der Waals surface area (Å²) in [5.41, 5.74) is 0.793. The van der Waals surface area contributed by atoms with Crippen LogP contribution in [0, 0.1) is 0 Å². The van der Waals surface area contributed by atoms with Gasteiger partial charge < -0.3 is 14.4 Å². The molecule has 0 radical (unpaired) electrons. The molecule has 0 heterocycles. The molecular formula is C14H18F3NO3. The SMILES string of the molecule is COc1cc(CCC(=O)N(C)C)ccc1OCC(F)(F)F. The van der Waals surface area contributed by atoms with Crippen molar-refractivity contribution in [1.29, 1.82) is 0 Å². The topological polar surface area (TPSA) is 38.8 Å². The zero-order valence-corrected chi connectivity index (χ0v) is 12.2. The number of carbonyl (C=O) groups is 1. The Bertz CT molecular complexity index is 487. The maximum Gasteiger partial charge on any atom is 0.422 e. The van der Waals surface area contributed by atoms with E-state index in [0.717, 1.165) is 5.56 Å². The lowest BCUT2D eigenvalue weighted by molar-refractivity contribution is -0.153. The van der Waals surface area contributed by atoms with Crippen molar-refractivity contribution in [1.82, 2.24) is 4.90 Å². The standard InChI is InChI=1S/C14H18F3NO3/c1-18(2)13(19)7-5-10-4-6-11(12(8-10)20-3)21-9-14(15,16)17/h4,6,8H,5,7,9H2,1-3H3. The molecule has 0 atom stereocenters. The van der Waals surface area contributed by atoms with Crippen LogP contribution in [0.1, 0.15) is 12.0 Å². The highest BCUT2D eigenvalue weighted by Gasteiger charge is 2.29. The summed E-state index contributed by atoms with van der Waals surface area (Å²) in [7, 11) is 4.68. The van der Waals surface area contributed by atoms with Gasteiger partial charge in [0.1, 0.15) is 0 Å². The Morgan fingerprint density at radius 2 is 1.90 bits per heavy atom. The molecule has 0 saturated carbocycles. The predicted octanol–water partition coefficient (Wildman–Crippen LogP) is 2.66. The molecule has 0 aliphatic heterocycles. The Labute approximate surface area is 121 Å². The first-order valence-electron chi connectivity index (χ1n) is 6.29. The van der Waals surface area contributed by atoms with Gasteiger partial charge in [-0.3, -0.25) is 4.79 Å². The summed E-state index contributed by atoms with van der Waals surface area (Å²) in [6.07, 6.45) is -3.60. The van der Waals surface area contributed by atoms with Gasteiger partial charge in [0.05, 0.1) is 7.11 Å². The van der Waals surface area contributed by atoms with Crippen molar-refractivity contribution < 1.29 is 27.4 Å². The van der Waals surface area contributed by atoms with E-state index in [0.29, 0.717) is 12.8 Å². The molecule has 1 rings (SSSR count). The van der Waals surface area contributed by atoms with Crippen molar-refractivity contribution in [2.45, 2.75) is 19.0 Å². The maximum absolute atomic E-state index is 12.1. The summed E-state index contributed by atoms with van der Waals surface area (Å²) in [5, 5.41) is 0. The smallest absolute Gasteiger partial charge is 0.422 e. The summed E-state index contributed by atoms with van der Waals surface area (Å²) in [5.74, 6) is 0.220. The van der Waals surface area contributed by atoms with Crippen LogP contribution in [0.5, 0.6) is 11.5 Å². The molecule has 21 heavy (non-hydrogen) atoms. The number of nitrogens with zero attached hydrogens (tertiary/aromatic N) is 1. The largest absolute Gasteiger partial charge is 0.493 e. The molecule has 0 aliphatic carbocycles. The van der Waals surface area contributed by atoms with Crippen LogP contribution in [0.3, 0.4) is 0 Å². The molecule has 0 saturated heterocycles. The number of alkyl halides is 3. The molecule has 4 nitrogen and oxygen atoms in total. The van der Waals surface area contributed by atoms with E-state index in [1.54, 1.807) is 26.2 Å². The van der Waals surface area contributed by atoms with Gasteiger partial charge in [0.2, 0.25) is 5.91 Å². The lowest BCUT2D eigenvalue weighted by Crippen LogP contribution is -2.21. The Kier molecular flexibility index (Phi) is 5.87. The van der Waals surface area contributed by atoms with Crippen molar-refractivity contribution in [2.75, 3.05) is 27.8 Å². The van der Waals surface area contributed by atoms with E-state index in [4.69, 9.17) is 4.74 Å². The second-order valence-electron chi connectivity index (χ2n) is 4.68. The second-order valence-corrected chi connectivity index (χ2v) is 4.68. The molecule has 1 amide bonds. The quantitative estimate of drug-likeness (QED) is 0.811. The van der Waals surface area contributed by atoms with Crippen molar-refractivity contribution in [3.63, 3.8) is 0 Å². The van der Waals surface area contributed by atoms with Crippen molar-refractivity contribution in [2.24, 2.45) is 0 Å². The third-order valence-electron chi connectivity index (χ3n) is 2.75. The third-order valence-corrected chi connectivity index (χ3v) is 2.75. The molecule has 0 N–H and O–H groups in total. The first-order valence-corrected chi connectivity index (χ1v) is 6.29. The normalized spacial score (nSPS) is 11.1. The van der Waals surface area contributed by atoms with Crippen molar-refractivity contribution in [3.05, 3.63) is 23.8 Å². The molecule has 7 heteroatoms. The fourth-order valence-corrected chi connectivity index (χ4v) is 1.62. The zero-order valence-electron chi connectivity index (χ0n) is 12.2. The maximum atomic E-state index is 12.1. The summed E-state index contributed by atoms with van der Waals surface area (Å²) in [4.78, 5) is 13.0. The number of benzene rings is 1. The van der Waals surface area contributed by atoms with Gasteiger partial charge in [-0.15, -0.1) is 0 Å². The van der Waals surface area contributed by atoms with E-state index in [1.165, 1.54) is 18.1 Å². The minimum atomic E-state index is -4.40. The Morgan fingerprint density at radius 1 is 1.24 bits per heavy atom. The predicted molar refractivity (Wildman–Crippen MR) is 71.6 cm³/mol. The van der Waals surface area contributed by atoms with E-state index in [9.17, 15) is 18.0 Å². The first kappa shape index (κ1) is 17.1. The highest BCUT2D eigenvalue weighted by atomic mass is 19.4. The van der Waals surface area contributed by atoms with E-state index < -0.39 is 12.8 Å². The summed E-state index contributed by atoms with van der Waals surface area (Å²) < 4.78 is 46.1. The minimum Gasteiger partial charge on any atom is -0.493 e. The monoisotopic (exact) mass is 305 g/mol. The molecular weight excluding hydrogens is 287 g/mol. The highest BCUT2D eigenvalue weighted by molar-refractivity contribution is 5.75. The number of hydrogen-bond donors (Lipinski definition) is 0. The number of aryl methyl sites for hydroxylation is 1. The Morgan fingerprint density at radius 3 is 2.43 bits per heavy atom. The van der Waals surface area contributed by atoms with Gasteiger partial charge in [0.15, 0.2) is 18.1 Å². The number of carbonyl (C=O) groups excluding carboxylic acids is 1. The summed E-state index contributed by atoms with van der Waals surface area (Å²) in [6, 6.07) is 4.62. The van der Waals surface area contributed by atoms with Gasteiger partial charge in [-0.25, -0.2) is 0 Å². The second kappa shape index (κ2) is 7.19. The molecule has 0 fully saturated rings. The van der Waals surface area contributed by atoms with E-state index in [-0.39, 0.29) is 17.4 Å². The first-order chi connectivity index (χ1) is 9.73. The fourth-order valence-electron chi connectivity index (χ4n) is 1.62. The number of amides is 1. The fraction of sp³-hybridized carbons (Fsp3) is 0.500. The van der Waals surface area contributed by atoms with Crippen molar-refractivity contribution >= 4 is 5.91 Å². The van der Waals surface area contributed by atoms with Gasteiger partial charge in [0, 0.05) is 20.5 Å². The number of rotatable bonds is 6. The summed E-state index contributed by atoms with van der Waals surface area (Å²) in [6.45, 7) is -1.37. The number of ether oxygens (including phenoxy) is 2. The van der Waals surface area contributed by atoms with Crippen LogP contribution in [-0.4, -0.2) is 44.8 Å². The molecule has 118 valence electrons. The minimum absolute atomic E-state index is 0.0219. The number of methoxy groups -OCH3 is 1. The van der Waals surface area contributed by atoms with Crippen LogP contribution in [0.4, 0.5) is 13.2 Å². The van der Waals surface area contributed by atoms with Gasteiger partial charge >= 0.3 is 6.18 Å². The molecule has 0 spiro atoms. The average molecular weight is 305 g/mol. The molecule has 0 aromatic heterocycles. The van der Waals surface area contributed by atoms with Gasteiger partial charge in [-0.2, -0.15) is 13.2 Å². The van der Waals surface area contributed by atoms with Gasteiger partial charge in [-0.05, 0) is 24.1 Å². The van der Waals surface area contributed by atoms with Crippen LogP contribution in [0.2, 0.25) is 0 Å².